The summed E-state index contributed by atoms with van der Waals surface area (Å²) in [6.45, 7) is 4.06. The molecule has 3 heteroatoms. The quantitative estimate of drug-likeness (QED) is 0.355. The molecule has 27 heavy (non-hydrogen) atoms. The summed E-state index contributed by atoms with van der Waals surface area (Å²) in [6.07, 6.45) is 3.66. The molecule has 2 aromatic carbocycles. The van der Waals surface area contributed by atoms with Crippen molar-refractivity contribution in [2.24, 2.45) is 0 Å². The molecule has 0 unspecified atom stereocenters. The third-order valence-electron chi connectivity index (χ3n) is 5.15. The van der Waals surface area contributed by atoms with Crippen LogP contribution < -0.4 is 0 Å². The van der Waals surface area contributed by atoms with Crippen LogP contribution in [0.1, 0.15) is 27.8 Å². The van der Waals surface area contributed by atoms with E-state index in [4.69, 9.17) is 4.74 Å². The smallest absolute Gasteiger partial charge is 0.344 e. The summed E-state index contributed by atoms with van der Waals surface area (Å²) in [5.74, 6) is 0.297. The highest BCUT2D eigenvalue weighted by Gasteiger charge is 2.32. The van der Waals surface area contributed by atoms with Crippen molar-refractivity contribution in [1.29, 1.82) is 0 Å². The van der Waals surface area contributed by atoms with Gasteiger partial charge in [0.2, 0.25) is 0 Å². The van der Waals surface area contributed by atoms with Gasteiger partial charge in [-0.3, -0.25) is 4.98 Å². The van der Waals surface area contributed by atoms with Crippen molar-refractivity contribution in [3.05, 3.63) is 100 Å². The Hall–Kier alpha value is -3.46. The van der Waals surface area contributed by atoms with E-state index in [-0.39, 0.29) is 5.97 Å². The Bertz CT molecular complexity index is 1140. The van der Waals surface area contributed by atoms with E-state index >= 15 is 0 Å². The average molecular weight is 351 g/mol. The molecule has 1 aliphatic heterocycles. The van der Waals surface area contributed by atoms with E-state index in [1.54, 1.807) is 6.20 Å². The number of hydrogen-bond donors (Lipinski definition) is 0. The highest BCUT2D eigenvalue weighted by Crippen LogP contribution is 2.46. The Morgan fingerprint density at radius 3 is 2.48 bits per heavy atom. The topological polar surface area (TPSA) is 39.2 Å². The predicted molar refractivity (Wildman–Crippen MR) is 106 cm³/mol. The van der Waals surface area contributed by atoms with E-state index in [0.29, 0.717) is 11.3 Å². The fourth-order valence-electron chi connectivity index (χ4n) is 3.85. The van der Waals surface area contributed by atoms with E-state index in [2.05, 4.69) is 23.2 Å². The molecule has 0 atom stereocenters. The minimum atomic E-state index is -0.313. The third-order valence-corrected chi connectivity index (χ3v) is 5.15. The first-order valence-corrected chi connectivity index (χ1v) is 8.94. The molecule has 1 aliphatic carbocycles. The summed E-state index contributed by atoms with van der Waals surface area (Å²) in [5, 5.41) is 0. The molecular formula is C24H17NO2. The maximum atomic E-state index is 12.8. The molecule has 5 rings (SSSR count). The first-order valence-electron chi connectivity index (χ1n) is 8.94. The zero-order chi connectivity index (χ0) is 18.5. The lowest BCUT2D eigenvalue weighted by Crippen LogP contribution is -2.01. The van der Waals surface area contributed by atoms with Crippen molar-refractivity contribution >= 4 is 17.3 Å². The minimum absolute atomic E-state index is 0.313. The molecule has 130 valence electrons. The normalized spacial score (nSPS) is 17.4. The van der Waals surface area contributed by atoms with E-state index in [1.165, 1.54) is 0 Å². The Morgan fingerprint density at radius 1 is 0.852 bits per heavy atom. The van der Waals surface area contributed by atoms with Gasteiger partial charge in [-0.15, -0.1) is 0 Å². The summed E-state index contributed by atoms with van der Waals surface area (Å²) in [7, 11) is 0. The highest BCUT2D eigenvalue weighted by atomic mass is 16.5. The largest absolute Gasteiger partial charge is 0.422 e. The number of cyclic esters (lactones) is 1. The van der Waals surface area contributed by atoms with Gasteiger partial charge in [0, 0.05) is 28.5 Å². The van der Waals surface area contributed by atoms with E-state index < -0.39 is 0 Å². The molecule has 2 heterocycles. The number of hydrogen-bond acceptors (Lipinski definition) is 3. The molecule has 3 aromatic rings. The van der Waals surface area contributed by atoms with Crippen molar-refractivity contribution < 1.29 is 9.53 Å². The van der Waals surface area contributed by atoms with E-state index in [9.17, 15) is 4.79 Å². The molecule has 0 saturated heterocycles. The van der Waals surface area contributed by atoms with Crippen LogP contribution in [0.5, 0.6) is 0 Å². The Kier molecular flexibility index (Phi) is 3.37. The number of carbonyl (C=O) groups is 1. The Labute approximate surface area is 157 Å². The average Bonchev–Trinajstić information content (AvgIpc) is 3.21. The first kappa shape index (κ1) is 15.8. The molecule has 0 spiro atoms. The van der Waals surface area contributed by atoms with Crippen LogP contribution in [0.4, 0.5) is 0 Å². The van der Waals surface area contributed by atoms with Crippen LogP contribution in [0.15, 0.2) is 72.4 Å². The third kappa shape index (κ3) is 2.36. The van der Waals surface area contributed by atoms with Gasteiger partial charge in [0.05, 0.1) is 11.3 Å². The van der Waals surface area contributed by atoms with Crippen molar-refractivity contribution in [3.63, 3.8) is 0 Å². The van der Waals surface area contributed by atoms with Crippen molar-refractivity contribution in [2.45, 2.75) is 13.8 Å². The van der Waals surface area contributed by atoms with Crippen LogP contribution in [0.3, 0.4) is 0 Å². The molecule has 0 radical (unpaired) electrons. The number of nitrogens with zero attached hydrogens (tertiary/aromatic N) is 1. The van der Waals surface area contributed by atoms with Gasteiger partial charge in [0.25, 0.3) is 0 Å². The zero-order valence-corrected chi connectivity index (χ0v) is 15.1. The summed E-state index contributed by atoms with van der Waals surface area (Å²) in [6, 6.07) is 18.2. The number of rotatable bonds is 1. The fourth-order valence-corrected chi connectivity index (χ4v) is 3.85. The fraction of sp³-hybridized carbons (Fsp3) is 0.0833. The second-order valence-corrected chi connectivity index (χ2v) is 6.95. The molecule has 1 aromatic heterocycles. The number of carbonyl (C=O) groups excluding carboxylic acids is 1. The standard InChI is InChI=1S/C24H17NO2/c1-14-9-10-15(2)19(12-14)21-13-20(24(26)27-21)22-16-6-3-4-7-17(16)23-18(22)8-5-11-25-23/h3-13H,1-2H3/b22-20+. The number of aromatic nitrogens is 1. The number of aryl methyl sites for hydroxylation is 2. The monoisotopic (exact) mass is 351 g/mol. The van der Waals surface area contributed by atoms with Crippen molar-refractivity contribution in [1.82, 2.24) is 4.98 Å². The number of benzene rings is 2. The molecule has 0 amide bonds. The van der Waals surface area contributed by atoms with Crippen LogP contribution in [0, 0.1) is 13.8 Å². The lowest BCUT2D eigenvalue weighted by atomic mass is 9.97. The van der Waals surface area contributed by atoms with E-state index in [1.807, 2.05) is 56.3 Å². The Balaban J connectivity index is 1.76. The second-order valence-electron chi connectivity index (χ2n) is 6.95. The number of ether oxygens (including phenoxy) is 1. The van der Waals surface area contributed by atoms with Crippen LogP contribution >= 0.6 is 0 Å². The van der Waals surface area contributed by atoms with Crippen LogP contribution in [0.25, 0.3) is 22.6 Å². The van der Waals surface area contributed by atoms with Gasteiger partial charge in [-0.1, -0.05) is 48.0 Å². The highest BCUT2D eigenvalue weighted by molar-refractivity contribution is 6.14. The van der Waals surface area contributed by atoms with Gasteiger partial charge in [-0.25, -0.2) is 4.79 Å². The maximum Gasteiger partial charge on any atom is 0.344 e. The van der Waals surface area contributed by atoms with Gasteiger partial charge in [-0.05, 0) is 43.2 Å². The van der Waals surface area contributed by atoms with Gasteiger partial charge in [-0.2, -0.15) is 0 Å². The molecule has 3 nitrogen and oxygen atoms in total. The molecular weight excluding hydrogens is 334 g/mol. The lowest BCUT2D eigenvalue weighted by molar-refractivity contribution is -0.130. The SMILES string of the molecule is Cc1ccc(C)c(C2=C/C(=C3/c4ccccc4-c4ncccc43)C(=O)O2)c1. The van der Waals surface area contributed by atoms with Crippen molar-refractivity contribution in [2.75, 3.05) is 0 Å². The summed E-state index contributed by atoms with van der Waals surface area (Å²) in [4.78, 5) is 17.4. The number of pyridine rings is 1. The van der Waals surface area contributed by atoms with Gasteiger partial charge in [0.15, 0.2) is 0 Å². The van der Waals surface area contributed by atoms with Gasteiger partial charge in [0.1, 0.15) is 5.76 Å². The number of fused-ring (bicyclic) bond motifs is 3. The molecule has 0 saturated carbocycles. The zero-order valence-electron chi connectivity index (χ0n) is 15.1. The van der Waals surface area contributed by atoms with Gasteiger partial charge < -0.3 is 4.74 Å². The van der Waals surface area contributed by atoms with Crippen LogP contribution in [0.2, 0.25) is 0 Å². The van der Waals surface area contributed by atoms with Crippen LogP contribution in [-0.2, 0) is 9.53 Å². The number of esters is 1. The van der Waals surface area contributed by atoms with E-state index in [0.717, 1.165) is 44.6 Å². The van der Waals surface area contributed by atoms with Crippen molar-refractivity contribution in [3.8, 4) is 11.3 Å². The molecule has 0 fully saturated rings. The summed E-state index contributed by atoms with van der Waals surface area (Å²) in [5.41, 5.74) is 8.63. The predicted octanol–water partition coefficient (Wildman–Crippen LogP) is 5.08. The maximum absolute atomic E-state index is 12.8. The Morgan fingerprint density at radius 2 is 1.63 bits per heavy atom. The second kappa shape index (κ2) is 5.78. The molecule has 2 aliphatic rings. The van der Waals surface area contributed by atoms with Crippen LogP contribution in [-0.4, -0.2) is 11.0 Å². The lowest BCUT2D eigenvalue weighted by Gasteiger charge is -2.07. The molecule has 0 bridgehead atoms. The summed E-state index contributed by atoms with van der Waals surface area (Å²) >= 11 is 0. The van der Waals surface area contributed by atoms with Gasteiger partial charge >= 0.3 is 5.97 Å². The first-order chi connectivity index (χ1) is 13.1. The molecule has 0 N–H and O–H groups in total. The minimum Gasteiger partial charge on any atom is -0.422 e. The summed E-state index contributed by atoms with van der Waals surface area (Å²) < 4.78 is 5.68.